The van der Waals surface area contributed by atoms with E-state index in [1.54, 1.807) is 0 Å². The van der Waals surface area contributed by atoms with Gasteiger partial charge in [-0.05, 0) is 55.4 Å². The first kappa shape index (κ1) is 18.3. The fourth-order valence-electron chi connectivity index (χ4n) is 3.23. The molecule has 1 N–H and O–H groups in total. The molecule has 1 nitrogen and oxygen atoms in total. The van der Waals surface area contributed by atoms with Crippen molar-refractivity contribution in [2.24, 2.45) is 0 Å². The van der Waals surface area contributed by atoms with Crippen LogP contribution in [-0.2, 0) is 0 Å². The van der Waals surface area contributed by atoms with E-state index < -0.39 is 5.96 Å². The second-order valence-electron chi connectivity index (χ2n) is 6.10. The minimum Gasteiger partial charge on any atom is -0.313 e. The van der Waals surface area contributed by atoms with E-state index in [9.17, 15) is 0 Å². The van der Waals surface area contributed by atoms with Crippen LogP contribution in [0.5, 0.6) is 0 Å². The number of benzene rings is 3. The lowest BCUT2D eigenvalue weighted by atomic mass is 10.1. The average Bonchev–Trinajstić information content (AvgIpc) is 2.70. The minimum absolute atomic E-state index is 0.408. The number of hydrogen-bond acceptors (Lipinski definition) is 1. The molecule has 0 fully saturated rings. The Kier molecular flexibility index (Phi) is 6.06. The highest BCUT2D eigenvalue weighted by Crippen LogP contribution is 2.62. The van der Waals surface area contributed by atoms with Crippen LogP contribution < -0.4 is 21.2 Å². The standard InChI is InChI=1S/C22H24BrNP/c1-3-22(24-2)18-14-16-21(17-15-18)25(23,19-10-6-4-7-11-19)20-12-8-5-9-13-20/h4-17,22,24H,3H2,1-2H3/q+1. The molecule has 0 saturated heterocycles. The highest BCUT2D eigenvalue weighted by atomic mass is 79.9. The van der Waals surface area contributed by atoms with Crippen molar-refractivity contribution < 1.29 is 0 Å². The highest BCUT2D eigenvalue weighted by Gasteiger charge is 2.43. The Morgan fingerprint density at radius 2 is 1.20 bits per heavy atom. The van der Waals surface area contributed by atoms with Gasteiger partial charge in [0.1, 0.15) is 15.9 Å². The number of halogens is 1. The van der Waals surface area contributed by atoms with Gasteiger partial charge in [0.25, 0.3) is 0 Å². The van der Waals surface area contributed by atoms with Crippen LogP contribution in [0.2, 0.25) is 0 Å². The predicted molar refractivity (Wildman–Crippen MR) is 116 cm³/mol. The summed E-state index contributed by atoms with van der Waals surface area (Å²) < 4.78 is 0. The van der Waals surface area contributed by atoms with E-state index in [1.807, 2.05) is 7.05 Å². The van der Waals surface area contributed by atoms with E-state index >= 15 is 0 Å². The fourth-order valence-corrected chi connectivity index (χ4v) is 7.98. The first-order valence-electron chi connectivity index (χ1n) is 8.68. The third-order valence-corrected chi connectivity index (χ3v) is 11.3. The minimum atomic E-state index is -1.80. The number of nitrogens with one attached hydrogen (secondary N) is 1. The second-order valence-corrected chi connectivity index (χ2v) is 12.0. The molecule has 3 aromatic carbocycles. The van der Waals surface area contributed by atoms with Crippen LogP contribution in [0.3, 0.4) is 0 Å². The summed E-state index contributed by atoms with van der Waals surface area (Å²) >= 11 is 4.20. The van der Waals surface area contributed by atoms with Crippen molar-refractivity contribution in [3.05, 3.63) is 90.5 Å². The van der Waals surface area contributed by atoms with Gasteiger partial charge in [-0.2, -0.15) is 0 Å². The van der Waals surface area contributed by atoms with Gasteiger partial charge < -0.3 is 5.32 Å². The Morgan fingerprint density at radius 3 is 1.60 bits per heavy atom. The van der Waals surface area contributed by atoms with E-state index in [0.29, 0.717) is 6.04 Å². The summed E-state index contributed by atoms with van der Waals surface area (Å²) in [6.45, 7) is 2.21. The SMILES string of the molecule is CCC(NC)c1ccc([P+](Br)(c2ccccc2)c2ccccc2)cc1. The Hall–Kier alpha value is -1.47. The summed E-state index contributed by atoms with van der Waals surface area (Å²) in [4.78, 5) is 0. The molecule has 0 spiro atoms. The molecule has 25 heavy (non-hydrogen) atoms. The summed E-state index contributed by atoms with van der Waals surface area (Å²) in [7, 11) is 2.03. The van der Waals surface area contributed by atoms with Crippen molar-refractivity contribution >= 4 is 37.4 Å². The quantitative estimate of drug-likeness (QED) is 0.564. The lowest BCUT2D eigenvalue weighted by Gasteiger charge is -2.21. The molecule has 3 aromatic rings. The summed E-state index contributed by atoms with van der Waals surface area (Å²) in [5.41, 5.74) is 1.34. The zero-order chi connectivity index (χ0) is 17.7. The molecule has 0 aliphatic heterocycles. The zero-order valence-electron chi connectivity index (χ0n) is 14.7. The van der Waals surface area contributed by atoms with Gasteiger partial charge in [0, 0.05) is 6.04 Å². The van der Waals surface area contributed by atoms with E-state index in [1.165, 1.54) is 21.5 Å². The molecule has 1 unspecified atom stereocenters. The van der Waals surface area contributed by atoms with Crippen LogP contribution in [0, 0.1) is 0 Å². The van der Waals surface area contributed by atoms with Gasteiger partial charge in [-0.3, -0.25) is 0 Å². The van der Waals surface area contributed by atoms with E-state index in [4.69, 9.17) is 0 Å². The van der Waals surface area contributed by atoms with Gasteiger partial charge in [0.05, 0.1) is 0 Å². The maximum Gasteiger partial charge on any atom is 0.181 e. The van der Waals surface area contributed by atoms with E-state index in [2.05, 4.69) is 113 Å². The monoisotopic (exact) mass is 412 g/mol. The molecule has 1 atom stereocenters. The maximum absolute atomic E-state index is 4.20. The number of rotatable bonds is 6. The van der Waals surface area contributed by atoms with Crippen molar-refractivity contribution in [3.63, 3.8) is 0 Å². The molecular weight excluding hydrogens is 389 g/mol. The lowest BCUT2D eigenvalue weighted by Crippen LogP contribution is -2.27. The van der Waals surface area contributed by atoms with Crippen molar-refractivity contribution in [2.45, 2.75) is 19.4 Å². The zero-order valence-corrected chi connectivity index (χ0v) is 17.2. The molecule has 0 bridgehead atoms. The molecule has 0 amide bonds. The van der Waals surface area contributed by atoms with Gasteiger partial charge in [0.2, 0.25) is 0 Å². The molecular formula is C22H24BrNP+. The van der Waals surface area contributed by atoms with E-state index in [-0.39, 0.29) is 0 Å². The largest absolute Gasteiger partial charge is 0.313 e. The summed E-state index contributed by atoms with van der Waals surface area (Å²) in [5, 5.41) is 7.42. The Balaban J connectivity index is 2.10. The van der Waals surface area contributed by atoms with Crippen molar-refractivity contribution in [3.8, 4) is 0 Å². The molecule has 0 aromatic heterocycles. The third-order valence-electron chi connectivity index (χ3n) is 4.63. The summed E-state index contributed by atoms with van der Waals surface area (Å²) in [6, 6.07) is 31.1. The molecule has 0 saturated carbocycles. The topological polar surface area (TPSA) is 12.0 Å². The number of hydrogen-bond donors (Lipinski definition) is 1. The van der Waals surface area contributed by atoms with Gasteiger partial charge in [-0.15, -0.1) is 0 Å². The van der Waals surface area contributed by atoms with Crippen LogP contribution >= 0.6 is 21.5 Å². The van der Waals surface area contributed by atoms with Crippen molar-refractivity contribution in [1.29, 1.82) is 0 Å². The van der Waals surface area contributed by atoms with Crippen LogP contribution in [0.15, 0.2) is 84.9 Å². The second kappa shape index (κ2) is 8.27. The Labute approximate surface area is 159 Å². The van der Waals surface area contributed by atoms with Gasteiger partial charge >= 0.3 is 0 Å². The van der Waals surface area contributed by atoms with Gasteiger partial charge in [0.15, 0.2) is 21.5 Å². The van der Waals surface area contributed by atoms with Crippen LogP contribution in [0.4, 0.5) is 0 Å². The molecule has 128 valence electrons. The smallest absolute Gasteiger partial charge is 0.181 e. The lowest BCUT2D eigenvalue weighted by molar-refractivity contribution is 0.577. The molecule has 3 rings (SSSR count). The van der Waals surface area contributed by atoms with Gasteiger partial charge in [-0.1, -0.05) is 55.5 Å². The van der Waals surface area contributed by atoms with E-state index in [0.717, 1.165) is 6.42 Å². The van der Waals surface area contributed by atoms with Crippen molar-refractivity contribution in [2.75, 3.05) is 7.05 Å². The molecule has 0 heterocycles. The summed E-state index contributed by atoms with van der Waals surface area (Å²) in [5.74, 6) is -1.80. The van der Waals surface area contributed by atoms with Crippen LogP contribution in [-0.4, -0.2) is 7.05 Å². The molecule has 0 radical (unpaired) electrons. The molecule has 3 heteroatoms. The third kappa shape index (κ3) is 3.72. The Morgan fingerprint density at radius 1 is 0.760 bits per heavy atom. The maximum atomic E-state index is 4.20. The first-order chi connectivity index (χ1) is 12.2. The highest BCUT2D eigenvalue weighted by molar-refractivity contribution is 9.44. The Bertz CT molecular complexity index is 744. The van der Waals surface area contributed by atoms with Gasteiger partial charge in [-0.25, -0.2) is 0 Å². The molecule has 0 aliphatic rings. The van der Waals surface area contributed by atoms with Crippen LogP contribution in [0.25, 0.3) is 0 Å². The fraction of sp³-hybridized carbons (Fsp3) is 0.182. The predicted octanol–water partition coefficient (Wildman–Crippen LogP) is 4.96. The van der Waals surface area contributed by atoms with Crippen LogP contribution in [0.1, 0.15) is 24.9 Å². The average molecular weight is 413 g/mol. The summed E-state index contributed by atoms with van der Waals surface area (Å²) in [6.07, 6.45) is 1.09. The molecule has 0 aliphatic carbocycles. The first-order valence-corrected chi connectivity index (χ1v) is 12.5. The normalized spacial score (nSPS) is 12.8. The van der Waals surface area contributed by atoms with Crippen molar-refractivity contribution in [1.82, 2.24) is 5.32 Å².